The number of urea groups is 1. The van der Waals surface area contributed by atoms with E-state index in [1.807, 2.05) is 25.1 Å². The topological polar surface area (TPSA) is 39.7 Å². The SMILES string of the molecule is CN(C)C1(c2cccc(F)c2)CC2(CN(Cc3ccc(C(F)(F)F)nc3)C(=O)N2CC2CC2)C1. The van der Waals surface area contributed by atoms with Crippen LogP contribution in [0.15, 0.2) is 42.6 Å². The van der Waals surface area contributed by atoms with Gasteiger partial charge >= 0.3 is 12.2 Å². The first kappa shape index (κ1) is 23.1. The van der Waals surface area contributed by atoms with Gasteiger partial charge in [0.2, 0.25) is 0 Å². The molecule has 2 aliphatic carbocycles. The Labute approximate surface area is 196 Å². The highest BCUT2D eigenvalue weighted by atomic mass is 19.4. The van der Waals surface area contributed by atoms with E-state index in [1.54, 1.807) is 17.0 Å². The third kappa shape index (κ3) is 3.93. The molecule has 0 bridgehead atoms. The van der Waals surface area contributed by atoms with Gasteiger partial charge in [-0.1, -0.05) is 18.2 Å². The van der Waals surface area contributed by atoms with Crippen LogP contribution in [0.4, 0.5) is 22.4 Å². The summed E-state index contributed by atoms with van der Waals surface area (Å²) < 4.78 is 52.6. The lowest BCUT2D eigenvalue weighted by molar-refractivity contribution is -0.141. The van der Waals surface area contributed by atoms with E-state index < -0.39 is 11.9 Å². The summed E-state index contributed by atoms with van der Waals surface area (Å²) in [6, 6.07) is 8.91. The van der Waals surface area contributed by atoms with Crippen molar-refractivity contribution in [3.05, 3.63) is 65.2 Å². The van der Waals surface area contributed by atoms with E-state index in [4.69, 9.17) is 0 Å². The number of nitrogens with zero attached hydrogens (tertiary/aromatic N) is 4. The Morgan fingerprint density at radius 2 is 1.88 bits per heavy atom. The number of hydrogen-bond donors (Lipinski definition) is 0. The first-order valence-electron chi connectivity index (χ1n) is 11.5. The molecule has 0 N–H and O–H groups in total. The molecule has 5 rings (SSSR count). The number of benzene rings is 1. The van der Waals surface area contributed by atoms with Crippen LogP contribution in [0.25, 0.3) is 0 Å². The highest BCUT2D eigenvalue weighted by molar-refractivity contribution is 5.79. The average Bonchev–Trinajstić information content (AvgIpc) is 3.52. The van der Waals surface area contributed by atoms with Crippen LogP contribution in [0, 0.1) is 11.7 Å². The minimum atomic E-state index is -4.49. The number of aromatic nitrogens is 1. The molecule has 0 radical (unpaired) electrons. The second-order valence-electron chi connectivity index (χ2n) is 10.3. The highest BCUT2D eigenvalue weighted by Gasteiger charge is 2.64. The summed E-state index contributed by atoms with van der Waals surface area (Å²) in [6.45, 7) is 1.39. The summed E-state index contributed by atoms with van der Waals surface area (Å²) in [5.41, 5.74) is -0.243. The standard InChI is InChI=1S/C25H28F4N4O/c1-31(2)24(19-4-3-5-20(26)10-19)14-23(15-24)16-32(22(34)33(23)13-17-6-7-17)12-18-8-9-21(30-11-18)25(27,28)29/h3-5,8-11,17H,6-7,12-16H2,1-2H3. The van der Waals surface area contributed by atoms with Gasteiger partial charge in [0, 0.05) is 25.8 Å². The first-order valence-corrected chi connectivity index (χ1v) is 11.5. The Kier molecular flexibility index (Phi) is 5.39. The van der Waals surface area contributed by atoms with Crippen molar-refractivity contribution in [1.82, 2.24) is 19.7 Å². The summed E-state index contributed by atoms with van der Waals surface area (Å²) in [5, 5.41) is 0. The maximum atomic E-state index is 14.0. The second-order valence-corrected chi connectivity index (χ2v) is 10.3. The predicted octanol–water partition coefficient (Wildman–Crippen LogP) is 4.88. The summed E-state index contributed by atoms with van der Waals surface area (Å²) in [7, 11) is 3.96. The molecule has 34 heavy (non-hydrogen) atoms. The fraction of sp³-hybridized carbons (Fsp3) is 0.520. The molecule has 1 aromatic carbocycles. The maximum absolute atomic E-state index is 14.0. The molecule has 182 valence electrons. The molecule has 0 unspecified atom stereocenters. The molecule has 2 amide bonds. The largest absolute Gasteiger partial charge is 0.433 e. The molecule has 1 spiro atoms. The van der Waals surface area contributed by atoms with Crippen LogP contribution in [0.1, 0.15) is 42.5 Å². The lowest BCUT2D eigenvalue weighted by atomic mass is 9.58. The Hall–Kier alpha value is -2.68. The van der Waals surface area contributed by atoms with Crippen LogP contribution in [0.5, 0.6) is 0 Å². The van der Waals surface area contributed by atoms with Crippen molar-refractivity contribution in [3.63, 3.8) is 0 Å². The zero-order chi connectivity index (χ0) is 24.3. The third-order valence-electron chi connectivity index (χ3n) is 7.65. The Bertz CT molecular complexity index is 1080. The van der Waals surface area contributed by atoms with Crippen molar-refractivity contribution in [3.8, 4) is 0 Å². The quantitative estimate of drug-likeness (QED) is 0.558. The van der Waals surface area contributed by atoms with E-state index in [2.05, 4.69) is 9.88 Å². The summed E-state index contributed by atoms with van der Waals surface area (Å²) >= 11 is 0. The maximum Gasteiger partial charge on any atom is 0.433 e. The number of halogens is 4. The third-order valence-corrected chi connectivity index (χ3v) is 7.65. The molecule has 1 aliphatic heterocycles. The van der Waals surface area contributed by atoms with Crippen LogP contribution in [0.2, 0.25) is 0 Å². The van der Waals surface area contributed by atoms with Crippen molar-refractivity contribution >= 4 is 6.03 Å². The minimum absolute atomic E-state index is 0.0848. The van der Waals surface area contributed by atoms with Crippen LogP contribution in [0.3, 0.4) is 0 Å². The van der Waals surface area contributed by atoms with E-state index in [-0.39, 0.29) is 29.5 Å². The Morgan fingerprint density at radius 3 is 2.44 bits per heavy atom. The monoisotopic (exact) mass is 476 g/mol. The van der Waals surface area contributed by atoms with Crippen molar-refractivity contribution in [2.24, 2.45) is 5.92 Å². The van der Waals surface area contributed by atoms with Crippen LogP contribution >= 0.6 is 0 Å². The van der Waals surface area contributed by atoms with Crippen molar-refractivity contribution < 1.29 is 22.4 Å². The van der Waals surface area contributed by atoms with Crippen molar-refractivity contribution in [2.45, 2.75) is 49.5 Å². The van der Waals surface area contributed by atoms with Gasteiger partial charge in [0.05, 0.1) is 11.1 Å². The first-order chi connectivity index (χ1) is 16.0. The lowest BCUT2D eigenvalue weighted by Gasteiger charge is -2.60. The number of carbonyl (C=O) groups excluding carboxylic acids is 1. The van der Waals surface area contributed by atoms with Crippen LogP contribution in [-0.2, 0) is 18.3 Å². The van der Waals surface area contributed by atoms with Gasteiger partial charge in [0.15, 0.2) is 0 Å². The normalized spacial score (nSPS) is 27.1. The van der Waals surface area contributed by atoms with Crippen molar-refractivity contribution in [1.29, 1.82) is 0 Å². The molecular formula is C25H28F4N4O. The van der Waals surface area contributed by atoms with E-state index >= 15 is 0 Å². The molecular weight excluding hydrogens is 448 g/mol. The van der Waals surface area contributed by atoms with Gasteiger partial charge in [-0.3, -0.25) is 9.88 Å². The number of hydrogen-bond acceptors (Lipinski definition) is 3. The summed E-state index contributed by atoms with van der Waals surface area (Å²) in [6.07, 6.45) is 0.263. The van der Waals surface area contributed by atoms with Gasteiger partial charge in [-0.2, -0.15) is 13.2 Å². The molecule has 2 saturated carbocycles. The van der Waals surface area contributed by atoms with Gasteiger partial charge < -0.3 is 9.80 Å². The van der Waals surface area contributed by atoms with E-state index in [0.717, 1.165) is 24.5 Å². The second kappa shape index (κ2) is 7.93. The number of pyridine rings is 1. The predicted molar refractivity (Wildman–Crippen MR) is 118 cm³/mol. The Balaban J connectivity index is 1.39. The molecule has 0 atom stereocenters. The molecule has 1 aromatic heterocycles. The average molecular weight is 477 g/mol. The number of alkyl halides is 3. The number of carbonyl (C=O) groups is 1. The van der Waals surface area contributed by atoms with Crippen molar-refractivity contribution in [2.75, 3.05) is 27.2 Å². The van der Waals surface area contributed by atoms with Gasteiger partial charge in [0.1, 0.15) is 11.5 Å². The molecule has 2 aromatic rings. The van der Waals surface area contributed by atoms with Gasteiger partial charge in [-0.05, 0) is 75.0 Å². The van der Waals surface area contributed by atoms with Gasteiger partial charge in [-0.25, -0.2) is 9.18 Å². The molecule has 1 saturated heterocycles. The van der Waals surface area contributed by atoms with E-state index in [9.17, 15) is 22.4 Å². The summed E-state index contributed by atoms with van der Waals surface area (Å²) in [5.74, 6) is 0.213. The Morgan fingerprint density at radius 1 is 1.15 bits per heavy atom. The molecule has 5 nitrogen and oxygen atoms in total. The number of rotatable bonds is 6. The highest BCUT2D eigenvalue weighted by Crippen LogP contribution is 2.57. The lowest BCUT2D eigenvalue weighted by Crippen LogP contribution is -2.67. The van der Waals surface area contributed by atoms with Crippen LogP contribution < -0.4 is 0 Å². The van der Waals surface area contributed by atoms with Gasteiger partial charge in [-0.15, -0.1) is 0 Å². The molecule has 3 fully saturated rings. The number of amides is 2. The van der Waals surface area contributed by atoms with E-state index in [1.165, 1.54) is 18.3 Å². The minimum Gasteiger partial charge on any atom is -0.318 e. The molecule has 3 aliphatic rings. The zero-order valence-electron chi connectivity index (χ0n) is 19.3. The summed E-state index contributed by atoms with van der Waals surface area (Å²) in [4.78, 5) is 22.8. The fourth-order valence-electron chi connectivity index (χ4n) is 5.64. The zero-order valence-corrected chi connectivity index (χ0v) is 19.3. The molecule has 9 heteroatoms. The van der Waals surface area contributed by atoms with E-state index in [0.29, 0.717) is 37.4 Å². The smallest absolute Gasteiger partial charge is 0.318 e. The molecule has 2 heterocycles. The van der Waals surface area contributed by atoms with Gasteiger partial charge in [0.25, 0.3) is 0 Å². The fourth-order valence-corrected chi connectivity index (χ4v) is 5.64. The van der Waals surface area contributed by atoms with Crippen LogP contribution in [-0.4, -0.2) is 58.4 Å².